The molecule has 0 saturated heterocycles. The Bertz CT molecular complexity index is 2050. The van der Waals surface area contributed by atoms with E-state index in [0.717, 1.165) is 40.9 Å². The summed E-state index contributed by atoms with van der Waals surface area (Å²) in [5.41, 5.74) is 8.34. The number of amides is 2. The van der Waals surface area contributed by atoms with E-state index < -0.39 is 5.97 Å². The van der Waals surface area contributed by atoms with Crippen molar-refractivity contribution in [2.24, 2.45) is 9.98 Å². The first-order chi connectivity index (χ1) is 26.1. The van der Waals surface area contributed by atoms with Gasteiger partial charge in [0, 0.05) is 61.6 Å². The maximum absolute atomic E-state index is 13.2. The number of rotatable bonds is 10. The van der Waals surface area contributed by atoms with Crippen LogP contribution in [0.3, 0.4) is 0 Å². The summed E-state index contributed by atoms with van der Waals surface area (Å²) < 4.78 is 11.5. The van der Waals surface area contributed by atoms with Crippen LogP contribution in [0.2, 0.25) is 0 Å². The summed E-state index contributed by atoms with van der Waals surface area (Å²) in [6.45, 7) is 6.17. The zero-order valence-electron chi connectivity index (χ0n) is 30.6. The van der Waals surface area contributed by atoms with Crippen LogP contribution in [-0.4, -0.2) is 66.4 Å². The normalized spacial score (nSPS) is 17.2. The van der Waals surface area contributed by atoms with Gasteiger partial charge in [0.25, 0.3) is 11.8 Å². The molecule has 4 aliphatic rings. The number of hydrogen-bond acceptors (Lipinski definition) is 8. The number of carbonyl (C=O) groups is 4. The van der Waals surface area contributed by atoms with Crippen molar-refractivity contribution in [3.63, 3.8) is 0 Å². The molecule has 1 N–H and O–H groups in total. The molecule has 0 unspecified atom stereocenters. The molecule has 8 rings (SSSR count). The van der Waals surface area contributed by atoms with Crippen LogP contribution in [0.25, 0.3) is 0 Å². The van der Waals surface area contributed by atoms with Crippen molar-refractivity contribution in [1.29, 1.82) is 0 Å². The summed E-state index contributed by atoms with van der Waals surface area (Å²) >= 11 is 0. The number of aryl methyl sites for hydroxylation is 2. The molecule has 0 bridgehead atoms. The minimum atomic E-state index is -0.840. The highest BCUT2D eigenvalue weighted by Crippen LogP contribution is 2.40. The van der Waals surface area contributed by atoms with Crippen LogP contribution in [0.5, 0.6) is 11.5 Å². The minimum Gasteiger partial charge on any atom is -0.493 e. The van der Waals surface area contributed by atoms with Crippen LogP contribution >= 0.6 is 0 Å². The van der Waals surface area contributed by atoms with E-state index in [1.165, 1.54) is 5.56 Å². The third-order valence-electron chi connectivity index (χ3n) is 10.0. The zero-order chi connectivity index (χ0) is 37.9. The molecular formula is C43H42N4O7. The van der Waals surface area contributed by atoms with E-state index in [9.17, 15) is 19.2 Å². The Hall–Kier alpha value is -6.10. The first-order valence-corrected chi connectivity index (χ1v) is 18.3. The fourth-order valence-corrected chi connectivity index (χ4v) is 7.31. The van der Waals surface area contributed by atoms with E-state index in [4.69, 9.17) is 14.6 Å². The average molecular weight is 727 g/mol. The molecule has 0 aromatic heterocycles. The van der Waals surface area contributed by atoms with Crippen molar-refractivity contribution in [3.05, 3.63) is 106 Å². The Labute approximate surface area is 313 Å². The Morgan fingerprint density at radius 2 is 1.15 bits per heavy atom. The van der Waals surface area contributed by atoms with Gasteiger partial charge in [-0.3, -0.25) is 34.2 Å². The van der Waals surface area contributed by atoms with Crippen LogP contribution in [-0.2, 0) is 22.4 Å². The third kappa shape index (κ3) is 7.39. The number of fused-ring (bicyclic) bond motifs is 8. The summed E-state index contributed by atoms with van der Waals surface area (Å²) in [4.78, 5) is 61.0. The minimum absolute atomic E-state index is 0.0244. The Balaban J connectivity index is 0.000000167. The Morgan fingerprint density at radius 1 is 0.704 bits per heavy atom. The number of ketones is 1. The smallest absolute Gasteiger partial charge is 0.303 e. The number of para-hydroxylation sites is 2. The topological polar surface area (TPSA) is 138 Å². The van der Waals surface area contributed by atoms with Gasteiger partial charge in [-0.15, -0.1) is 0 Å². The van der Waals surface area contributed by atoms with Crippen molar-refractivity contribution in [1.82, 2.24) is 0 Å². The van der Waals surface area contributed by atoms with Crippen molar-refractivity contribution < 1.29 is 33.8 Å². The Kier molecular flexibility index (Phi) is 10.4. The van der Waals surface area contributed by atoms with Gasteiger partial charge < -0.3 is 19.4 Å². The highest BCUT2D eigenvalue weighted by atomic mass is 16.5. The predicted octanol–water partition coefficient (Wildman–Crippen LogP) is 7.56. The highest BCUT2D eigenvalue weighted by molar-refractivity contribution is 6.15. The third-order valence-corrected chi connectivity index (χ3v) is 10.0. The zero-order valence-corrected chi connectivity index (χ0v) is 30.6. The lowest BCUT2D eigenvalue weighted by molar-refractivity contribution is -0.137. The molecule has 0 fully saturated rings. The molecule has 54 heavy (non-hydrogen) atoms. The molecule has 0 radical (unpaired) electrons. The molecule has 2 atom stereocenters. The molecule has 2 amide bonds. The second-order valence-corrected chi connectivity index (χ2v) is 14.0. The molecule has 4 aromatic rings. The number of anilines is 2. The molecule has 0 spiro atoms. The van der Waals surface area contributed by atoms with Gasteiger partial charge in [-0.1, -0.05) is 36.4 Å². The van der Waals surface area contributed by atoms with Crippen molar-refractivity contribution in [2.45, 2.75) is 71.4 Å². The summed E-state index contributed by atoms with van der Waals surface area (Å²) in [6, 6.07) is 23.1. The lowest BCUT2D eigenvalue weighted by Gasteiger charge is -2.21. The van der Waals surface area contributed by atoms with Crippen LogP contribution < -0.4 is 19.3 Å². The second kappa shape index (κ2) is 15.5. The standard InChI is InChI=1S/C22H22N2O3.C21H20N2O4/c1-14-10-18-19(12-21(14)27-9-5-6-15(2)25)23-13-17-11-16-7-3-4-8-20(16)24(17)22(18)26;1-13-9-16-17(11-19(13)27-8-4-7-20(24)25)22-12-15-10-14-5-2-3-6-18(14)23(15)21(16)26/h3-4,7-8,10,12-13,17H,5-6,9,11H2,1-2H3;2-3,5-6,9,11-12,15H,4,7-8,10H2,1H3,(H,24,25)/t17-;15-/m00/s1. The fraction of sp³-hybridized carbons (Fsp3) is 0.302. The number of carbonyl (C=O) groups excluding carboxylic acids is 3. The van der Waals surface area contributed by atoms with E-state index in [2.05, 4.69) is 16.1 Å². The van der Waals surface area contributed by atoms with Gasteiger partial charge >= 0.3 is 5.97 Å². The molecule has 0 aliphatic carbocycles. The maximum Gasteiger partial charge on any atom is 0.303 e. The van der Waals surface area contributed by atoms with E-state index in [0.29, 0.717) is 66.5 Å². The van der Waals surface area contributed by atoms with Gasteiger partial charge in [-0.05, 0) is 80.1 Å². The largest absolute Gasteiger partial charge is 0.493 e. The summed E-state index contributed by atoms with van der Waals surface area (Å²) in [5, 5.41) is 8.72. The van der Waals surface area contributed by atoms with Gasteiger partial charge in [-0.25, -0.2) is 0 Å². The van der Waals surface area contributed by atoms with Crippen LogP contribution in [0.1, 0.15) is 75.6 Å². The van der Waals surface area contributed by atoms with Crippen LogP contribution in [0.15, 0.2) is 82.8 Å². The van der Waals surface area contributed by atoms with Crippen molar-refractivity contribution in [2.75, 3.05) is 23.0 Å². The van der Waals surface area contributed by atoms with Crippen molar-refractivity contribution >= 4 is 58.7 Å². The van der Waals surface area contributed by atoms with E-state index in [1.54, 1.807) is 13.0 Å². The summed E-state index contributed by atoms with van der Waals surface area (Å²) in [6.07, 6.45) is 6.92. The number of aliphatic carboxylic acids is 1. The quantitative estimate of drug-likeness (QED) is 0.167. The molecule has 4 aliphatic heterocycles. The average Bonchev–Trinajstić information content (AvgIpc) is 3.64. The predicted molar refractivity (Wildman–Crippen MR) is 208 cm³/mol. The molecular weight excluding hydrogens is 684 g/mol. The second-order valence-electron chi connectivity index (χ2n) is 14.0. The lowest BCUT2D eigenvalue weighted by atomic mass is 10.1. The Morgan fingerprint density at radius 3 is 1.59 bits per heavy atom. The molecule has 11 heteroatoms. The first-order valence-electron chi connectivity index (χ1n) is 18.3. The van der Waals surface area contributed by atoms with Gasteiger partial charge in [0.1, 0.15) is 17.3 Å². The number of carboxylic acid groups (broad SMARTS) is 1. The number of hydrogen-bond donors (Lipinski definition) is 1. The number of benzene rings is 4. The SMILES string of the molecule is CC(=O)CCCOc1cc2c(cc1C)C(=O)N1c3ccccc3C[C@H]1C=N2.Cc1cc2c(cc1OCCCC(=O)O)N=C[C@@H]1Cc3ccccc3N1C2=O. The number of ether oxygens (including phenoxy) is 2. The molecule has 4 aromatic carbocycles. The highest BCUT2D eigenvalue weighted by Gasteiger charge is 2.37. The van der Waals surface area contributed by atoms with E-state index in [1.807, 2.05) is 96.7 Å². The van der Waals surface area contributed by atoms with Gasteiger partial charge in [-0.2, -0.15) is 0 Å². The van der Waals surface area contributed by atoms with Gasteiger partial charge in [0.05, 0.1) is 47.8 Å². The number of Topliss-reactive ketones (excluding diaryl/α,β-unsaturated/α-hetero) is 1. The van der Waals surface area contributed by atoms with E-state index in [-0.39, 0.29) is 36.1 Å². The summed E-state index contributed by atoms with van der Waals surface area (Å²) in [5.74, 6) is 0.583. The van der Waals surface area contributed by atoms with Crippen LogP contribution in [0.4, 0.5) is 22.7 Å². The number of nitrogens with zero attached hydrogens (tertiary/aromatic N) is 4. The monoisotopic (exact) mass is 726 g/mol. The molecule has 276 valence electrons. The molecule has 4 heterocycles. The van der Waals surface area contributed by atoms with Gasteiger partial charge in [0.15, 0.2) is 0 Å². The number of carboxylic acids is 1. The fourth-order valence-electron chi connectivity index (χ4n) is 7.31. The molecule has 0 saturated carbocycles. The van der Waals surface area contributed by atoms with E-state index >= 15 is 0 Å². The maximum atomic E-state index is 13.2. The molecule has 11 nitrogen and oxygen atoms in total. The lowest BCUT2D eigenvalue weighted by Crippen LogP contribution is -2.37. The number of aliphatic imine (C=N–C) groups is 2. The first kappa shape index (κ1) is 36.3. The van der Waals surface area contributed by atoms with Crippen LogP contribution in [0, 0.1) is 13.8 Å². The van der Waals surface area contributed by atoms with Gasteiger partial charge in [0.2, 0.25) is 0 Å². The van der Waals surface area contributed by atoms with Crippen molar-refractivity contribution in [3.8, 4) is 11.5 Å². The summed E-state index contributed by atoms with van der Waals surface area (Å²) in [7, 11) is 0.